The Morgan fingerprint density at radius 1 is 1.19 bits per heavy atom. The summed E-state index contributed by atoms with van der Waals surface area (Å²) >= 11 is 0. The molecule has 0 aliphatic carbocycles. The van der Waals surface area contributed by atoms with Crippen LogP contribution in [0.2, 0.25) is 0 Å². The van der Waals surface area contributed by atoms with Crippen LogP contribution in [0.3, 0.4) is 0 Å². The van der Waals surface area contributed by atoms with Crippen LogP contribution in [-0.4, -0.2) is 99.1 Å². The van der Waals surface area contributed by atoms with Crippen molar-refractivity contribution in [3.05, 3.63) is 36.0 Å². The van der Waals surface area contributed by atoms with Gasteiger partial charge in [-0.25, -0.2) is 4.79 Å². The second-order valence-electron chi connectivity index (χ2n) is 5.57. The normalized spacial score (nSPS) is 12.3. The molecule has 1 heterocycles. The van der Waals surface area contributed by atoms with E-state index in [-0.39, 0.29) is 78.4 Å². The molecule has 1 aromatic carbocycles. The molecule has 0 saturated carbocycles. The van der Waals surface area contributed by atoms with E-state index < -0.39 is 29.9 Å². The molecule has 26 heavy (non-hydrogen) atoms. The molecule has 2 atom stereocenters. The van der Waals surface area contributed by atoms with E-state index in [2.05, 4.69) is 10.3 Å². The number of hydrogen-bond acceptors (Lipinski definition) is 4. The molecule has 7 N–H and O–H groups in total. The topological polar surface area (TPSA) is 151 Å². The number of nitrogens with two attached hydrogens (primary N) is 2. The number of carboxylic acids is 1. The number of aromatic amines is 1. The monoisotopic (exact) mass is 378 g/mol. The number of amides is 2. The van der Waals surface area contributed by atoms with Crippen molar-refractivity contribution in [1.82, 2.24) is 10.3 Å². The van der Waals surface area contributed by atoms with E-state index in [4.69, 9.17) is 11.5 Å². The fourth-order valence-electron chi connectivity index (χ4n) is 2.42. The average Bonchev–Trinajstić information content (AvgIpc) is 2.95. The summed E-state index contributed by atoms with van der Waals surface area (Å²) in [5, 5.41) is 12.7. The number of nitrogens with one attached hydrogen (secondary N) is 2. The third-order valence-corrected chi connectivity index (χ3v) is 3.78. The van der Waals surface area contributed by atoms with Crippen molar-refractivity contribution in [2.75, 3.05) is 0 Å². The van der Waals surface area contributed by atoms with Gasteiger partial charge in [0.25, 0.3) is 0 Å². The van der Waals surface area contributed by atoms with E-state index in [0.29, 0.717) is 0 Å². The van der Waals surface area contributed by atoms with Gasteiger partial charge in [0, 0.05) is 89.1 Å². The number of aliphatic carboxylic acids is 1. The minimum Gasteiger partial charge on any atom is -0.480 e. The summed E-state index contributed by atoms with van der Waals surface area (Å²) in [5.74, 6) is -2.32. The van der Waals surface area contributed by atoms with Crippen molar-refractivity contribution in [3.8, 4) is 0 Å². The average molecular weight is 378 g/mol. The van der Waals surface area contributed by atoms with Gasteiger partial charge >= 0.3 is 5.97 Å². The zero-order valence-electron chi connectivity index (χ0n) is 15.0. The maximum atomic E-state index is 11.9. The molecule has 0 aliphatic heterocycles. The van der Waals surface area contributed by atoms with Crippen molar-refractivity contribution < 1.29 is 19.5 Å². The first-order chi connectivity index (χ1) is 11.4. The first-order valence-corrected chi connectivity index (χ1v) is 7.50. The van der Waals surface area contributed by atoms with Gasteiger partial charge in [-0.1, -0.05) is 18.2 Å². The molecule has 2 radical (unpaired) electrons. The fraction of sp³-hybridized carbons (Fsp3) is 0.312. The Bertz CT molecular complexity index is 766. The predicted molar refractivity (Wildman–Crippen MR) is 99.5 cm³/mol. The van der Waals surface area contributed by atoms with Gasteiger partial charge < -0.3 is 26.9 Å². The van der Waals surface area contributed by atoms with Crippen LogP contribution in [0.25, 0.3) is 10.9 Å². The fourth-order valence-corrected chi connectivity index (χ4v) is 2.42. The number of rotatable bonds is 8. The summed E-state index contributed by atoms with van der Waals surface area (Å²) in [4.78, 5) is 37.2. The number of para-hydroxylation sites is 1. The summed E-state index contributed by atoms with van der Waals surface area (Å²) in [6, 6.07) is 5.51. The Balaban J connectivity index is 0.00000312. The molecule has 0 bridgehead atoms. The van der Waals surface area contributed by atoms with Gasteiger partial charge in [0.1, 0.15) is 6.04 Å². The number of aromatic nitrogens is 1. The van der Waals surface area contributed by atoms with Gasteiger partial charge in [-0.3, -0.25) is 9.59 Å². The number of benzene rings is 1. The molecule has 10 heteroatoms. The molecule has 0 fully saturated rings. The molecule has 0 spiro atoms. The quantitative estimate of drug-likeness (QED) is 0.378. The number of primary amides is 1. The van der Waals surface area contributed by atoms with Crippen molar-refractivity contribution in [1.29, 1.82) is 0 Å². The molecule has 2 aromatic rings. The van der Waals surface area contributed by atoms with E-state index in [9.17, 15) is 19.5 Å². The van der Waals surface area contributed by atoms with Crippen LogP contribution in [0.1, 0.15) is 18.4 Å². The maximum absolute atomic E-state index is 11.9. The molecule has 130 valence electrons. The Kier molecular flexibility index (Phi) is 11.4. The molecule has 2 amide bonds. The van der Waals surface area contributed by atoms with Gasteiger partial charge in [0.2, 0.25) is 11.8 Å². The smallest absolute Gasteiger partial charge is 0.326 e. The van der Waals surface area contributed by atoms with Crippen LogP contribution in [-0.2, 0) is 20.8 Å². The second kappa shape index (κ2) is 11.8. The predicted octanol–water partition coefficient (Wildman–Crippen LogP) is -0.889. The van der Waals surface area contributed by atoms with Crippen LogP contribution in [0, 0.1) is 0 Å². The maximum Gasteiger partial charge on any atom is 0.326 e. The molecular formula is C16H20N4Na2O4. The summed E-state index contributed by atoms with van der Waals surface area (Å²) in [5.41, 5.74) is 12.2. The van der Waals surface area contributed by atoms with Crippen molar-refractivity contribution in [2.24, 2.45) is 11.5 Å². The summed E-state index contributed by atoms with van der Waals surface area (Å²) in [6.45, 7) is 0. The first-order valence-electron chi connectivity index (χ1n) is 7.50. The first kappa shape index (κ1) is 25.1. The van der Waals surface area contributed by atoms with Crippen LogP contribution >= 0.6 is 0 Å². The molecule has 0 unspecified atom stereocenters. The van der Waals surface area contributed by atoms with Crippen molar-refractivity contribution >= 4 is 87.8 Å². The van der Waals surface area contributed by atoms with Gasteiger partial charge in [-0.05, 0) is 18.1 Å². The minimum atomic E-state index is -1.13. The van der Waals surface area contributed by atoms with Crippen LogP contribution in [0.4, 0.5) is 0 Å². The number of fused-ring (bicyclic) bond motifs is 1. The standard InChI is InChI=1S/C16H20N4O4.2Na/c17-11(15(18)22)5-6-14(21)20-13(16(23)24)7-9-8-19-12-4-2-1-3-10(9)12;;/h1-4,8,11,13,19H,5-7,17H2,(H2,18,22)(H,20,21)(H,23,24);;/t11-,13-;;/m1../s1. The zero-order valence-corrected chi connectivity index (χ0v) is 19.0. The molecule has 0 aliphatic rings. The van der Waals surface area contributed by atoms with E-state index in [1.54, 1.807) is 6.20 Å². The molecular weight excluding hydrogens is 358 g/mol. The second-order valence-corrected chi connectivity index (χ2v) is 5.57. The van der Waals surface area contributed by atoms with Gasteiger partial charge in [-0.2, -0.15) is 0 Å². The summed E-state index contributed by atoms with van der Waals surface area (Å²) in [6.07, 6.45) is 1.88. The van der Waals surface area contributed by atoms with Gasteiger partial charge in [-0.15, -0.1) is 0 Å². The largest absolute Gasteiger partial charge is 0.480 e. The Morgan fingerprint density at radius 2 is 1.85 bits per heavy atom. The van der Waals surface area contributed by atoms with E-state index in [1.807, 2.05) is 24.3 Å². The van der Waals surface area contributed by atoms with E-state index in [0.717, 1.165) is 16.5 Å². The van der Waals surface area contributed by atoms with Crippen LogP contribution < -0.4 is 16.8 Å². The molecule has 8 nitrogen and oxygen atoms in total. The Hall–Kier alpha value is -0.870. The van der Waals surface area contributed by atoms with Crippen LogP contribution in [0.15, 0.2) is 30.5 Å². The number of H-pyrrole nitrogens is 1. The van der Waals surface area contributed by atoms with Crippen LogP contribution in [0.5, 0.6) is 0 Å². The molecule has 1 aromatic heterocycles. The molecule has 0 saturated heterocycles. The zero-order chi connectivity index (χ0) is 17.7. The Morgan fingerprint density at radius 3 is 2.46 bits per heavy atom. The number of carbonyl (C=O) groups is 3. The van der Waals surface area contributed by atoms with Gasteiger partial charge in [0.05, 0.1) is 6.04 Å². The van der Waals surface area contributed by atoms with Crippen molar-refractivity contribution in [2.45, 2.75) is 31.3 Å². The summed E-state index contributed by atoms with van der Waals surface area (Å²) in [7, 11) is 0. The number of hydrogen-bond donors (Lipinski definition) is 5. The SMILES string of the molecule is NC(=O)[C@H](N)CCC(=O)N[C@H](Cc1c[nH]c2ccccc12)C(=O)O.[Na].[Na]. The third-order valence-electron chi connectivity index (χ3n) is 3.78. The van der Waals surface area contributed by atoms with E-state index in [1.165, 1.54) is 0 Å². The van der Waals surface area contributed by atoms with Gasteiger partial charge in [0.15, 0.2) is 0 Å². The molecule has 2 rings (SSSR count). The van der Waals surface area contributed by atoms with E-state index >= 15 is 0 Å². The number of carbonyl (C=O) groups excluding carboxylic acids is 2. The third kappa shape index (κ3) is 7.03. The number of carboxylic acid groups (broad SMARTS) is 1. The van der Waals surface area contributed by atoms with Crippen molar-refractivity contribution in [3.63, 3.8) is 0 Å². The summed E-state index contributed by atoms with van der Waals surface area (Å²) < 4.78 is 0. The Labute approximate surface area is 195 Å². The minimum absolute atomic E-state index is 0.